The minimum absolute atomic E-state index is 0.0359. The van der Waals surface area contributed by atoms with Crippen LogP contribution in [0, 0.1) is 22.9 Å². The Hall–Kier alpha value is -2.61. The number of benzene rings is 1. The Labute approximate surface area is 169 Å². The minimum Gasteiger partial charge on any atom is -0.484 e. The van der Waals surface area contributed by atoms with E-state index in [0.29, 0.717) is 25.3 Å². The summed E-state index contributed by atoms with van der Waals surface area (Å²) < 4.78 is 45.3. The van der Waals surface area contributed by atoms with Gasteiger partial charge in [-0.1, -0.05) is 11.6 Å². The summed E-state index contributed by atoms with van der Waals surface area (Å²) >= 11 is 5.59. The van der Waals surface area contributed by atoms with Gasteiger partial charge in [-0.2, -0.15) is 0 Å². The molecular weight excluding hydrogens is 409 g/mol. The Balaban J connectivity index is 1.26. The van der Waals surface area contributed by atoms with Crippen molar-refractivity contribution in [2.45, 2.75) is 31.2 Å². The zero-order valence-electron chi connectivity index (χ0n) is 15.1. The molecule has 2 aromatic rings. The van der Waals surface area contributed by atoms with Crippen LogP contribution < -0.4 is 10.1 Å². The Morgan fingerprint density at radius 3 is 2.52 bits per heavy atom. The lowest BCUT2D eigenvalue weighted by molar-refractivity contribution is -0.164. The number of nitrogens with zero attached hydrogens (tertiary/aromatic N) is 1. The highest BCUT2D eigenvalue weighted by atomic mass is 35.5. The number of pyridine rings is 1. The molecule has 0 saturated heterocycles. The van der Waals surface area contributed by atoms with Crippen molar-refractivity contribution in [1.82, 2.24) is 10.3 Å². The molecule has 1 aromatic heterocycles. The van der Waals surface area contributed by atoms with Crippen LogP contribution in [-0.2, 0) is 4.79 Å². The van der Waals surface area contributed by atoms with E-state index in [-0.39, 0.29) is 46.4 Å². The first-order valence-corrected chi connectivity index (χ1v) is 9.30. The van der Waals surface area contributed by atoms with E-state index in [1.807, 2.05) is 0 Å². The quantitative estimate of drug-likeness (QED) is 0.686. The zero-order valence-corrected chi connectivity index (χ0v) is 15.9. The highest BCUT2D eigenvalue weighted by Crippen LogP contribution is 2.69. The number of rotatable bonds is 7. The van der Waals surface area contributed by atoms with E-state index in [1.54, 1.807) is 0 Å². The number of nitrogens with one attached hydrogen (secondary N) is 1. The third kappa shape index (κ3) is 3.81. The number of ketones is 1. The highest BCUT2D eigenvalue weighted by Gasteiger charge is 2.68. The summed E-state index contributed by atoms with van der Waals surface area (Å²) in [6.45, 7) is -0.278. The van der Waals surface area contributed by atoms with E-state index < -0.39 is 23.2 Å². The molecule has 0 radical (unpaired) electrons. The van der Waals surface area contributed by atoms with E-state index in [2.05, 4.69) is 10.3 Å². The van der Waals surface area contributed by atoms with Crippen LogP contribution in [0.3, 0.4) is 0 Å². The molecule has 1 amide bonds. The number of halogens is 4. The molecule has 2 bridgehead atoms. The molecule has 0 atom stereocenters. The number of amides is 1. The molecule has 152 valence electrons. The minimum atomic E-state index is -0.972. The van der Waals surface area contributed by atoms with Crippen molar-refractivity contribution >= 4 is 23.3 Å². The van der Waals surface area contributed by atoms with E-state index in [9.17, 15) is 22.8 Å². The molecule has 1 aromatic carbocycles. The fraction of sp³-hybridized carbons (Fsp3) is 0.350. The molecule has 29 heavy (non-hydrogen) atoms. The maximum absolute atomic E-state index is 13.7. The normalized spacial score (nSPS) is 24.3. The van der Waals surface area contributed by atoms with Gasteiger partial charge in [0.05, 0.1) is 11.2 Å². The standard InChI is InChI=1S/C20H16ClF3N2O3/c21-13-2-1-12(4-14(13)23)29-7-17(28)26-20-8-19(9-20,10-20)5-16(27)18-15(24)3-11(22)6-25-18/h1-4,6H,5,7-10H2,(H,26,28). The van der Waals surface area contributed by atoms with Gasteiger partial charge in [0.2, 0.25) is 0 Å². The predicted octanol–water partition coefficient (Wildman–Crippen LogP) is 3.84. The molecule has 3 saturated carbocycles. The summed E-state index contributed by atoms with van der Waals surface area (Å²) in [5, 5.41) is 2.84. The van der Waals surface area contributed by atoms with Crippen LogP contribution in [0.15, 0.2) is 30.5 Å². The topological polar surface area (TPSA) is 68.3 Å². The second kappa shape index (κ2) is 7.02. The van der Waals surface area contributed by atoms with Crippen molar-refractivity contribution in [3.8, 4) is 5.75 Å². The summed E-state index contributed by atoms with van der Waals surface area (Å²) in [7, 11) is 0. The molecule has 5 rings (SSSR count). The number of Topliss-reactive ketones (excluding diaryl/α,β-unsaturated/α-hetero) is 1. The molecule has 3 fully saturated rings. The molecule has 9 heteroatoms. The largest absolute Gasteiger partial charge is 0.484 e. The first-order valence-electron chi connectivity index (χ1n) is 8.92. The van der Waals surface area contributed by atoms with E-state index >= 15 is 0 Å². The molecule has 0 spiro atoms. The molecule has 3 aliphatic rings. The van der Waals surface area contributed by atoms with Crippen molar-refractivity contribution in [2.24, 2.45) is 5.41 Å². The van der Waals surface area contributed by atoms with Gasteiger partial charge in [0.1, 0.15) is 23.1 Å². The molecule has 5 nitrogen and oxygen atoms in total. The summed E-state index contributed by atoms with van der Waals surface area (Å²) in [5.41, 5.74) is -1.04. The number of carbonyl (C=O) groups excluding carboxylic acids is 2. The Bertz CT molecular complexity index is 995. The molecule has 3 aliphatic carbocycles. The number of aromatic nitrogens is 1. The van der Waals surface area contributed by atoms with Gasteiger partial charge in [0.15, 0.2) is 18.2 Å². The van der Waals surface area contributed by atoms with Gasteiger partial charge in [-0.15, -0.1) is 0 Å². The average Bonchev–Trinajstić information content (AvgIpc) is 2.59. The number of carbonyl (C=O) groups is 2. The highest BCUT2D eigenvalue weighted by molar-refractivity contribution is 6.30. The van der Waals surface area contributed by atoms with Crippen molar-refractivity contribution in [1.29, 1.82) is 0 Å². The second-order valence-corrected chi connectivity index (χ2v) is 8.21. The van der Waals surface area contributed by atoms with Crippen LogP contribution in [-0.4, -0.2) is 28.8 Å². The summed E-state index contributed by atoms with van der Waals surface area (Å²) in [6.07, 6.45) is 2.69. The Morgan fingerprint density at radius 1 is 1.14 bits per heavy atom. The van der Waals surface area contributed by atoms with Gasteiger partial charge in [-0.25, -0.2) is 18.2 Å². The molecule has 0 unspecified atom stereocenters. The van der Waals surface area contributed by atoms with E-state index in [0.717, 1.165) is 12.3 Å². The SMILES string of the molecule is O=C(COc1ccc(Cl)c(F)c1)NC12CC(CC(=O)c3ncc(F)cc3F)(C1)C2. The lowest BCUT2D eigenvalue weighted by Gasteiger charge is -2.70. The van der Waals surface area contributed by atoms with Crippen molar-refractivity contribution in [2.75, 3.05) is 6.61 Å². The van der Waals surface area contributed by atoms with Gasteiger partial charge >= 0.3 is 0 Å². The second-order valence-electron chi connectivity index (χ2n) is 7.81. The van der Waals surface area contributed by atoms with Gasteiger partial charge in [0, 0.05) is 24.1 Å². The van der Waals surface area contributed by atoms with Crippen molar-refractivity contribution in [3.05, 3.63) is 58.6 Å². The first kappa shape index (κ1) is 19.7. The van der Waals surface area contributed by atoms with Crippen molar-refractivity contribution < 1.29 is 27.5 Å². The smallest absolute Gasteiger partial charge is 0.258 e. The van der Waals surface area contributed by atoms with Crippen LogP contribution in [0.25, 0.3) is 0 Å². The number of hydrogen-bond donors (Lipinski definition) is 1. The van der Waals surface area contributed by atoms with Gasteiger partial charge in [-0.3, -0.25) is 9.59 Å². The van der Waals surface area contributed by atoms with Crippen LogP contribution in [0.5, 0.6) is 5.75 Å². The maximum atomic E-state index is 13.7. The number of hydrogen-bond acceptors (Lipinski definition) is 4. The fourth-order valence-electron chi connectivity index (χ4n) is 4.41. The van der Waals surface area contributed by atoms with Gasteiger partial charge < -0.3 is 10.1 Å². The van der Waals surface area contributed by atoms with E-state index in [4.69, 9.17) is 16.3 Å². The molecule has 1 N–H and O–H groups in total. The summed E-state index contributed by atoms with van der Waals surface area (Å²) in [5.74, 6) is -3.09. The first-order chi connectivity index (χ1) is 13.7. The van der Waals surface area contributed by atoms with Crippen LogP contribution >= 0.6 is 11.6 Å². The Kier molecular flexibility index (Phi) is 4.77. The van der Waals surface area contributed by atoms with Crippen LogP contribution in [0.2, 0.25) is 5.02 Å². The van der Waals surface area contributed by atoms with Gasteiger partial charge in [0.25, 0.3) is 5.91 Å². The average molecular weight is 425 g/mol. The third-order valence-corrected chi connectivity index (χ3v) is 5.72. The molecule has 1 heterocycles. The van der Waals surface area contributed by atoms with Crippen LogP contribution in [0.1, 0.15) is 36.2 Å². The fourth-order valence-corrected chi connectivity index (χ4v) is 4.53. The van der Waals surface area contributed by atoms with Crippen molar-refractivity contribution in [3.63, 3.8) is 0 Å². The van der Waals surface area contributed by atoms with Gasteiger partial charge in [-0.05, 0) is 36.8 Å². The summed E-state index contributed by atoms with van der Waals surface area (Å²) in [4.78, 5) is 27.9. The Morgan fingerprint density at radius 2 is 1.86 bits per heavy atom. The lowest BCUT2D eigenvalue weighted by atomic mass is 9.38. The maximum Gasteiger partial charge on any atom is 0.258 e. The summed E-state index contributed by atoms with van der Waals surface area (Å²) in [6, 6.07) is 4.53. The number of ether oxygens (including phenoxy) is 1. The predicted molar refractivity (Wildman–Crippen MR) is 97.2 cm³/mol. The zero-order chi connectivity index (χ0) is 20.8. The van der Waals surface area contributed by atoms with E-state index in [1.165, 1.54) is 12.1 Å². The third-order valence-electron chi connectivity index (χ3n) is 5.41. The lowest BCUT2D eigenvalue weighted by Crippen LogP contribution is -2.75. The molecular formula is C20H16ClF3N2O3. The molecule has 0 aliphatic heterocycles. The van der Waals surface area contributed by atoms with Crippen LogP contribution in [0.4, 0.5) is 13.2 Å². The monoisotopic (exact) mass is 424 g/mol.